The molecule has 23 heavy (non-hydrogen) atoms. The van der Waals surface area contributed by atoms with Crippen LogP contribution in [0.4, 0.5) is 0 Å². The van der Waals surface area contributed by atoms with E-state index in [0.717, 1.165) is 22.5 Å². The van der Waals surface area contributed by atoms with E-state index in [2.05, 4.69) is 37.2 Å². The SMILES string of the molecule is CN1CC=C2C(C)(C)c3oncc3CC2(c2ccccc2)C1=O. The van der Waals surface area contributed by atoms with Crippen molar-refractivity contribution < 1.29 is 9.32 Å². The molecule has 118 valence electrons. The molecule has 0 saturated heterocycles. The molecule has 1 unspecified atom stereocenters. The monoisotopic (exact) mass is 308 g/mol. The van der Waals surface area contributed by atoms with Crippen molar-refractivity contribution in [2.45, 2.75) is 31.1 Å². The molecule has 0 bridgehead atoms. The zero-order valence-corrected chi connectivity index (χ0v) is 13.7. The molecule has 1 aliphatic carbocycles. The van der Waals surface area contributed by atoms with Crippen LogP contribution in [0.15, 0.2) is 52.7 Å². The molecular weight excluding hydrogens is 288 g/mol. The van der Waals surface area contributed by atoms with Crippen LogP contribution in [0.5, 0.6) is 0 Å². The first kappa shape index (κ1) is 14.2. The minimum Gasteiger partial charge on any atom is -0.360 e. The van der Waals surface area contributed by atoms with E-state index in [-0.39, 0.29) is 11.3 Å². The zero-order valence-electron chi connectivity index (χ0n) is 13.7. The Bertz CT molecular complexity index is 804. The van der Waals surface area contributed by atoms with Crippen molar-refractivity contribution in [3.63, 3.8) is 0 Å². The lowest BCUT2D eigenvalue weighted by molar-refractivity contribution is -0.135. The third-order valence-corrected chi connectivity index (χ3v) is 5.35. The average Bonchev–Trinajstić information content (AvgIpc) is 3.01. The van der Waals surface area contributed by atoms with Crippen LogP contribution in [0.3, 0.4) is 0 Å². The van der Waals surface area contributed by atoms with Crippen LogP contribution in [0.2, 0.25) is 0 Å². The summed E-state index contributed by atoms with van der Waals surface area (Å²) >= 11 is 0. The minimum atomic E-state index is -0.656. The fraction of sp³-hybridized carbons (Fsp3) is 0.368. The van der Waals surface area contributed by atoms with Crippen LogP contribution >= 0.6 is 0 Å². The first-order valence-corrected chi connectivity index (χ1v) is 7.94. The number of aromatic nitrogens is 1. The number of carbonyl (C=O) groups is 1. The van der Waals surface area contributed by atoms with Crippen LogP contribution in [0.25, 0.3) is 0 Å². The van der Waals surface area contributed by atoms with Gasteiger partial charge in [0.15, 0.2) is 0 Å². The molecule has 1 amide bonds. The number of nitrogens with zero attached hydrogens (tertiary/aromatic N) is 2. The predicted octanol–water partition coefficient (Wildman–Crippen LogP) is 2.84. The lowest BCUT2D eigenvalue weighted by Gasteiger charge is -2.49. The second-order valence-corrected chi connectivity index (χ2v) is 7.06. The van der Waals surface area contributed by atoms with Crippen molar-refractivity contribution in [1.82, 2.24) is 10.1 Å². The van der Waals surface area contributed by atoms with E-state index in [1.165, 1.54) is 0 Å². The Morgan fingerprint density at radius 3 is 2.70 bits per heavy atom. The molecule has 4 heteroatoms. The highest BCUT2D eigenvalue weighted by Crippen LogP contribution is 2.53. The van der Waals surface area contributed by atoms with Crippen molar-refractivity contribution >= 4 is 5.91 Å². The molecule has 1 aromatic carbocycles. The molecule has 1 aliphatic heterocycles. The lowest BCUT2D eigenvalue weighted by atomic mass is 9.55. The topological polar surface area (TPSA) is 46.3 Å². The summed E-state index contributed by atoms with van der Waals surface area (Å²) in [6.45, 7) is 4.88. The first-order valence-electron chi connectivity index (χ1n) is 7.94. The smallest absolute Gasteiger partial charge is 0.237 e. The van der Waals surface area contributed by atoms with Gasteiger partial charge in [0.25, 0.3) is 0 Å². The summed E-state index contributed by atoms with van der Waals surface area (Å²) < 4.78 is 5.55. The summed E-state index contributed by atoms with van der Waals surface area (Å²) in [4.78, 5) is 15.1. The fourth-order valence-electron chi connectivity index (χ4n) is 4.30. The van der Waals surface area contributed by atoms with Gasteiger partial charge in [-0.05, 0) is 31.4 Å². The van der Waals surface area contributed by atoms with Crippen molar-refractivity contribution in [2.75, 3.05) is 13.6 Å². The normalized spacial score (nSPS) is 25.6. The Morgan fingerprint density at radius 1 is 1.22 bits per heavy atom. The molecule has 0 N–H and O–H groups in total. The highest BCUT2D eigenvalue weighted by Gasteiger charge is 2.56. The van der Waals surface area contributed by atoms with Gasteiger partial charge in [-0.15, -0.1) is 0 Å². The number of likely N-dealkylation sites (N-methyl/N-ethyl adjacent to an activating group) is 1. The number of fused-ring (bicyclic) bond motifs is 2. The van der Waals surface area contributed by atoms with Gasteiger partial charge in [-0.2, -0.15) is 0 Å². The third-order valence-electron chi connectivity index (χ3n) is 5.35. The van der Waals surface area contributed by atoms with Crippen LogP contribution in [0, 0.1) is 0 Å². The van der Waals surface area contributed by atoms with E-state index in [0.29, 0.717) is 13.0 Å². The maximum Gasteiger partial charge on any atom is 0.237 e. The quantitative estimate of drug-likeness (QED) is 0.761. The molecular formula is C19H20N2O2. The zero-order chi connectivity index (χ0) is 16.2. The van der Waals surface area contributed by atoms with Crippen molar-refractivity contribution in [3.8, 4) is 0 Å². The van der Waals surface area contributed by atoms with E-state index < -0.39 is 5.41 Å². The minimum absolute atomic E-state index is 0.154. The second-order valence-electron chi connectivity index (χ2n) is 7.06. The van der Waals surface area contributed by atoms with Gasteiger partial charge in [-0.3, -0.25) is 4.79 Å². The molecule has 2 aliphatic rings. The molecule has 0 spiro atoms. The fourth-order valence-corrected chi connectivity index (χ4v) is 4.30. The summed E-state index contributed by atoms with van der Waals surface area (Å²) in [7, 11) is 1.87. The molecule has 0 radical (unpaired) electrons. The van der Waals surface area contributed by atoms with Crippen LogP contribution in [-0.2, 0) is 22.0 Å². The number of rotatable bonds is 1. The summed E-state index contributed by atoms with van der Waals surface area (Å²) in [6.07, 6.45) is 4.56. The molecule has 2 aromatic rings. The van der Waals surface area contributed by atoms with Gasteiger partial charge < -0.3 is 9.42 Å². The summed E-state index contributed by atoms with van der Waals surface area (Å²) in [5, 5.41) is 4.00. The predicted molar refractivity (Wildman–Crippen MR) is 87.1 cm³/mol. The van der Waals surface area contributed by atoms with Gasteiger partial charge in [-0.1, -0.05) is 41.6 Å². The maximum absolute atomic E-state index is 13.3. The van der Waals surface area contributed by atoms with Gasteiger partial charge >= 0.3 is 0 Å². The number of amides is 1. The largest absolute Gasteiger partial charge is 0.360 e. The van der Waals surface area contributed by atoms with Crippen LogP contribution in [-0.4, -0.2) is 29.6 Å². The molecule has 1 atom stereocenters. The molecule has 0 fully saturated rings. The van der Waals surface area contributed by atoms with E-state index >= 15 is 0 Å². The first-order chi connectivity index (χ1) is 11.0. The molecule has 4 rings (SSSR count). The Kier molecular flexibility index (Phi) is 2.83. The van der Waals surface area contributed by atoms with E-state index in [4.69, 9.17) is 4.52 Å². The molecule has 1 aromatic heterocycles. The van der Waals surface area contributed by atoms with Crippen molar-refractivity contribution in [1.29, 1.82) is 0 Å². The molecule has 0 saturated carbocycles. The molecule has 2 heterocycles. The highest BCUT2D eigenvalue weighted by molar-refractivity contribution is 5.95. The van der Waals surface area contributed by atoms with Crippen molar-refractivity contribution in [2.24, 2.45) is 0 Å². The summed E-state index contributed by atoms with van der Waals surface area (Å²) in [6, 6.07) is 10.1. The Hall–Kier alpha value is -2.36. The Morgan fingerprint density at radius 2 is 1.96 bits per heavy atom. The molecule has 4 nitrogen and oxygen atoms in total. The maximum atomic E-state index is 13.3. The lowest BCUT2D eigenvalue weighted by Crippen LogP contribution is -2.56. The van der Waals surface area contributed by atoms with Gasteiger partial charge in [-0.25, -0.2) is 0 Å². The number of carbonyl (C=O) groups excluding carboxylic acids is 1. The van der Waals surface area contributed by atoms with E-state index in [1.54, 1.807) is 6.20 Å². The number of benzene rings is 1. The van der Waals surface area contributed by atoms with Crippen LogP contribution in [0.1, 0.15) is 30.7 Å². The standard InChI is InChI=1S/C19H20N2O2/c1-18(2)15-9-10-21(3)17(22)19(15,14-7-5-4-6-8-14)11-13-12-20-23-16(13)18/h4-9,12H,10-11H2,1-3H3. The second kappa shape index (κ2) is 4.57. The number of hydrogen-bond acceptors (Lipinski definition) is 3. The number of hydrogen-bond donors (Lipinski definition) is 0. The summed E-state index contributed by atoms with van der Waals surface area (Å²) in [5.74, 6) is 1.04. The summed E-state index contributed by atoms with van der Waals surface area (Å²) in [5.41, 5.74) is 2.19. The van der Waals surface area contributed by atoms with Crippen molar-refractivity contribution in [3.05, 3.63) is 65.1 Å². The van der Waals surface area contributed by atoms with Gasteiger partial charge in [0.05, 0.1) is 6.20 Å². The van der Waals surface area contributed by atoms with Crippen LogP contribution < -0.4 is 0 Å². The van der Waals surface area contributed by atoms with E-state index in [9.17, 15) is 4.79 Å². The third kappa shape index (κ3) is 1.72. The Balaban J connectivity index is 2.05. The average molecular weight is 308 g/mol. The Labute approximate surface area is 135 Å². The van der Waals surface area contributed by atoms with Gasteiger partial charge in [0.1, 0.15) is 11.2 Å². The van der Waals surface area contributed by atoms with Gasteiger partial charge in [0.2, 0.25) is 5.91 Å². The van der Waals surface area contributed by atoms with E-state index in [1.807, 2.05) is 30.1 Å². The highest BCUT2D eigenvalue weighted by atomic mass is 16.5. The van der Waals surface area contributed by atoms with Gasteiger partial charge in [0, 0.05) is 24.6 Å².